The summed E-state index contributed by atoms with van der Waals surface area (Å²) < 4.78 is 28.3. The Bertz CT molecular complexity index is 1150. The van der Waals surface area contributed by atoms with Gasteiger partial charge in [-0.15, -0.1) is 0 Å². The molecule has 0 fully saturated rings. The van der Waals surface area contributed by atoms with Crippen LogP contribution in [0.2, 0.25) is 0 Å². The Hall–Kier alpha value is -3.74. The quantitative estimate of drug-likeness (QED) is 0.496. The minimum absolute atomic E-state index is 0.305. The van der Waals surface area contributed by atoms with Crippen LogP contribution >= 0.6 is 0 Å². The smallest absolute Gasteiger partial charge is 0.315 e. The van der Waals surface area contributed by atoms with Crippen LogP contribution in [0.1, 0.15) is 5.56 Å². The number of imidazole rings is 1. The summed E-state index contributed by atoms with van der Waals surface area (Å²) in [6.45, 7) is 1.18. The predicted molar refractivity (Wildman–Crippen MR) is 112 cm³/mol. The highest BCUT2D eigenvalue weighted by molar-refractivity contribution is 5.80. The molecule has 1 aromatic heterocycles. The molecule has 0 unspecified atom stereocenters. The van der Waals surface area contributed by atoms with Crippen LogP contribution < -0.4 is 10.6 Å². The van der Waals surface area contributed by atoms with Crippen molar-refractivity contribution in [1.29, 1.82) is 0 Å². The minimum Gasteiger partial charge on any atom is -0.336 e. The van der Waals surface area contributed by atoms with Crippen molar-refractivity contribution in [3.63, 3.8) is 0 Å². The third kappa shape index (κ3) is 4.46. The van der Waals surface area contributed by atoms with Crippen LogP contribution in [-0.4, -0.2) is 22.1 Å². The molecule has 7 heteroatoms. The number of hydrogen-bond acceptors (Lipinski definition) is 2. The second-order valence-corrected chi connectivity index (χ2v) is 6.82. The molecule has 0 aliphatic heterocycles. The van der Waals surface area contributed by atoms with E-state index in [2.05, 4.69) is 15.6 Å². The van der Waals surface area contributed by atoms with E-state index in [0.29, 0.717) is 25.5 Å². The first-order chi connectivity index (χ1) is 14.6. The van der Waals surface area contributed by atoms with Gasteiger partial charge < -0.3 is 15.2 Å². The zero-order valence-electron chi connectivity index (χ0n) is 16.1. The molecule has 0 saturated carbocycles. The van der Waals surface area contributed by atoms with Gasteiger partial charge in [0.2, 0.25) is 0 Å². The average molecular weight is 406 g/mol. The standard InChI is InChI=1S/C23H20F2N4O/c24-18-9-5-16(6-10-18)15-27-23(30)26-13-14-29-21-4-2-1-3-20(21)28-22(29)17-7-11-19(25)12-8-17/h1-12H,13-15H2,(H2,26,27,30). The van der Waals surface area contributed by atoms with E-state index in [0.717, 1.165) is 22.2 Å². The summed E-state index contributed by atoms with van der Waals surface area (Å²) in [4.78, 5) is 16.8. The number of urea groups is 1. The lowest BCUT2D eigenvalue weighted by Crippen LogP contribution is -2.36. The van der Waals surface area contributed by atoms with E-state index >= 15 is 0 Å². The van der Waals surface area contributed by atoms with Crippen molar-refractivity contribution in [3.8, 4) is 11.4 Å². The molecule has 30 heavy (non-hydrogen) atoms. The Morgan fingerprint density at radius 3 is 2.27 bits per heavy atom. The molecule has 4 aromatic rings. The first-order valence-corrected chi connectivity index (χ1v) is 9.57. The first kappa shape index (κ1) is 19.6. The highest BCUT2D eigenvalue weighted by atomic mass is 19.1. The third-order valence-electron chi connectivity index (χ3n) is 4.74. The van der Waals surface area contributed by atoms with Gasteiger partial charge in [-0.25, -0.2) is 18.6 Å². The third-order valence-corrected chi connectivity index (χ3v) is 4.74. The second kappa shape index (κ2) is 8.73. The molecule has 0 saturated heterocycles. The number of hydrogen-bond donors (Lipinski definition) is 2. The van der Waals surface area contributed by atoms with E-state index in [1.807, 2.05) is 28.8 Å². The number of aromatic nitrogens is 2. The zero-order chi connectivity index (χ0) is 20.9. The highest BCUT2D eigenvalue weighted by Crippen LogP contribution is 2.24. The van der Waals surface area contributed by atoms with Gasteiger partial charge in [0.05, 0.1) is 11.0 Å². The maximum atomic E-state index is 13.3. The molecule has 0 bridgehead atoms. The lowest BCUT2D eigenvalue weighted by atomic mass is 10.2. The maximum Gasteiger partial charge on any atom is 0.315 e. The van der Waals surface area contributed by atoms with Gasteiger partial charge in [-0.05, 0) is 54.1 Å². The summed E-state index contributed by atoms with van der Waals surface area (Å²) >= 11 is 0. The van der Waals surface area contributed by atoms with Gasteiger partial charge in [-0.3, -0.25) is 0 Å². The second-order valence-electron chi connectivity index (χ2n) is 6.82. The Morgan fingerprint density at radius 1 is 0.867 bits per heavy atom. The SMILES string of the molecule is O=C(NCCn1c(-c2ccc(F)cc2)nc2ccccc21)NCc1ccc(F)cc1. The van der Waals surface area contributed by atoms with Gasteiger partial charge >= 0.3 is 6.03 Å². The van der Waals surface area contributed by atoms with Crippen LogP contribution in [0.4, 0.5) is 13.6 Å². The molecular formula is C23H20F2N4O. The highest BCUT2D eigenvalue weighted by Gasteiger charge is 2.12. The van der Waals surface area contributed by atoms with Gasteiger partial charge in [-0.1, -0.05) is 24.3 Å². The van der Waals surface area contributed by atoms with Crippen molar-refractivity contribution in [3.05, 3.63) is 90.0 Å². The van der Waals surface area contributed by atoms with Crippen LogP contribution in [-0.2, 0) is 13.1 Å². The fraction of sp³-hybridized carbons (Fsp3) is 0.130. The van der Waals surface area contributed by atoms with Gasteiger partial charge in [0, 0.05) is 25.2 Å². The van der Waals surface area contributed by atoms with Gasteiger partial charge in [0.15, 0.2) is 0 Å². The lowest BCUT2D eigenvalue weighted by molar-refractivity contribution is 0.240. The van der Waals surface area contributed by atoms with Crippen molar-refractivity contribution in [1.82, 2.24) is 20.2 Å². The van der Waals surface area contributed by atoms with E-state index in [-0.39, 0.29) is 17.7 Å². The molecule has 152 valence electrons. The van der Waals surface area contributed by atoms with Gasteiger partial charge in [-0.2, -0.15) is 0 Å². The average Bonchev–Trinajstić information content (AvgIpc) is 3.12. The largest absolute Gasteiger partial charge is 0.336 e. The zero-order valence-corrected chi connectivity index (χ0v) is 16.1. The van der Waals surface area contributed by atoms with Gasteiger partial charge in [0.25, 0.3) is 0 Å². The van der Waals surface area contributed by atoms with Crippen molar-refractivity contribution in [2.75, 3.05) is 6.54 Å². The fourth-order valence-corrected chi connectivity index (χ4v) is 3.25. The topological polar surface area (TPSA) is 59.0 Å². The molecule has 5 nitrogen and oxygen atoms in total. The summed E-state index contributed by atoms with van der Waals surface area (Å²) in [6.07, 6.45) is 0. The molecule has 4 rings (SSSR count). The molecule has 0 aliphatic rings. The molecule has 0 atom stereocenters. The Balaban J connectivity index is 1.43. The maximum absolute atomic E-state index is 13.3. The molecule has 0 aliphatic carbocycles. The van der Waals surface area contributed by atoms with Crippen LogP contribution in [0.25, 0.3) is 22.4 Å². The van der Waals surface area contributed by atoms with Crippen molar-refractivity contribution < 1.29 is 13.6 Å². The normalized spacial score (nSPS) is 10.9. The number of nitrogens with one attached hydrogen (secondary N) is 2. The predicted octanol–water partition coefficient (Wildman–Crippen LogP) is 4.48. The molecule has 1 heterocycles. The van der Waals surface area contributed by atoms with E-state index in [1.54, 1.807) is 24.3 Å². The number of halogens is 2. The van der Waals surface area contributed by atoms with E-state index < -0.39 is 0 Å². The Morgan fingerprint density at radius 2 is 1.53 bits per heavy atom. The molecular weight excluding hydrogens is 386 g/mol. The molecule has 0 spiro atoms. The lowest BCUT2D eigenvalue weighted by Gasteiger charge is -2.11. The number of fused-ring (bicyclic) bond motifs is 1. The van der Waals surface area contributed by atoms with Crippen LogP contribution in [0.5, 0.6) is 0 Å². The minimum atomic E-state index is -0.313. The number of rotatable bonds is 6. The first-order valence-electron chi connectivity index (χ1n) is 9.57. The van der Waals surface area contributed by atoms with E-state index in [1.165, 1.54) is 24.3 Å². The van der Waals surface area contributed by atoms with Gasteiger partial charge in [0.1, 0.15) is 17.5 Å². The number of carbonyl (C=O) groups excluding carboxylic acids is 1. The summed E-state index contributed by atoms with van der Waals surface area (Å²) in [5.41, 5.74) is 3.38. The van der Waals surface area contributed by atoms with Crippen LogP contribution in [0.3, 0.4) is 0 Å². The van der Waals surface area contributed by atoms with E-state index in [9.17, 15) is 13.6 Å². The van der Waals surface area contributed by atoms with Crippen molar-refractivity contribution >= 4 is 17.1 Å². The number of para-hydroxylation sites is 2. The Kier molecular flexibility index (Phi) is 5.70. The van der Waals surface area contributed by atoms with E-state index in [4.69, 9.17) is 0 Å². The number of benzene rings is 3. The summed E-state index contributed by atoms with van der Waals surface area (Å²) in [5, 5.41) is 5.57. The number of amides is 2. The fourth-order valence-electron chi connectivity index (χ4n) is 3.25. The number of carbonyl (C=O) groups is 1. The Labute approximate surface area is 172 Å². The summed E-state index contributed by atoms with van der Waals surface area (Å²) in [6, 6.07) is 19.6. The molecule has 3 aromatic carbocycles. The molecule has 2 N–H and O–H groups in total. The molecule has 0 radical (unpaired) electrons. The van der Waals surface area contributed by atoms with Crippen molar-refractivity contribution in [2.45, 2.75) is 13.1 Å². The van der Waals surface area contributed by atoms with Crippen molar-refractivity contribution in [2.24, 2.45) is 0 Å². The van der Waals surface area contributed by atoms with Crippen LogP contribution in [0.15, 0.2) is 72.8 Å². The summed E-state index contributed by atoms with van der Waals surface area (Å²) in [7, 11) is 0. The van der Waals surface area contributed by atoms with Crippen LogP contribution in [0, 0.1) is 11.6 Å². The monoisotopic (exact) mass is 406 g/mol. The number of nitrogens with zero attached hydrogens (tertiary/aromatic N) is 2. The molecule has 2 amide bonds. The summed E-state index contributed by atoms with van der Waals surface area (Å²) in [5.74, 6) is 0.0957.